The lowest BCUT2D eigenvalue weighted by molar-refractivity contribution is -0.176. The molecular formula is C21H25NO. The molecule has 0 saturated carbocycles. The molecule has 0 aliphatic carbocycles. The Bertz CT molecular complexity index is 598. The van der Waals surface area contributed by atoms with Crippen LogP contribution in [0.5, 0.6) is 0 Å². The molecule has 2 atom stereocenters. The van der Waals surface area contributed by atoms with E-state index in [0.29, 0.717) is 6.04 Å². The minimum absolute atomic E-state index is 0.0108. The molecule has 4 rings (SSSR count). The first-order valence-corrected chi connectivity index (χ1v) is 8.79. The Morgan fingerprint density at radius 1 is 0.913 bits per heavy atom. The predicted octanol–water partition coefficient (Wildman–Crippen LogP) is 4.77. The van der Waals surface area contributed by atoms with Crippen LogP contribution in [-0.4, -0.2) is 23.7 Å². The van der Waals surface area contributed by atoms with Crippen molar-refractivity contribution in [2.75, 3.05) is 7.05 Å². The molecule has 0 N–H and O–H groups in total. The van der Waals surface area contributed by atoms with Crippen molar-refractivity contribution in [3.8, 4) is 0 Å². The van der Waals surface area contributed by atoms with E-state index in [1.54, 1.807) is 0 Å². The standard InChI is InChI=1S/C21H25NO/c1-22-19-13-8-15-21(22,16-14-19)23-20(17-9-4-2-5-10-17)18-11-6-3-7-12-18/h2-7,9-12,19-20H,8,13-16H2,1H3/t19-,21-/m1/s1. The Labute approximate surface area is 139 Å². The van der Waals surface area contributed by atoms with Gasteiger partial charge in [0, 0.05) is 6.04 Å². The molecule has 0 radical (unpaired) electrons. The van der Waals surface area contributed by atoms with Gasteiger partial charge < -0.3 is 4.74 Å². The van der Waals surface area contributed by atoms with Gasteiger partial charge >= 0.3 is 0 Å². The maximum Gasteiger partial charge on any atom is 0.123 e. The summed E-state index contributed by atoms with van der Waals surface area (Å²) in [5.74, 6) is 0. The zero-order valence-corrected chi connectivity index (χ0v) is 13.8. The van der Waals surface area contributed by atoms with E-state index in [0.717, 1.165) is 12.8 Å². The third kappa shape index (κ3) is 2.71. The summed E-state index contributed by atoms with van der Waals surface area (Å²) in [6, 6.07) is 22.0. The van der Waals surface area contributed by atoms with Crippen molar-refractivity contribution in [1.82, 2.24) is 4.90 Å². The highest BCUT2D eigenvalue weighted by Crippen LogP contribution is 2.47. The van der Waals surface area contributed by atoms with Crippen LogP contribution in [0.4, 0.5) is 0 Å². The highest BCUT2D eigenvalue weighted by atomic mass is 16.5. The summed E-state index contributed by atoms with van der Waals surface area (Å²) < 4.78 is 6.88. The molecular weight excluding hydrogens is 282 g/mol. The van der Waals surface area contributed by atoms with Gasteiger partial charge in [-0.05, 0) is 50.3 Å². The van der Waals surface area contributed by atoms with E-state index >= 15 is 0 Å². The lowest BCUT2D eigenvalue weighted by Crippen LogP contribution is -2.50. The fourth-order valence-electron chi connectivity index (χ4n) is 4.35. The van der Waals surface area contributed by atoms with Crippen LogP contribution >= 0.6 is 0 Å². The molecule has 2 aliphatic rings. The number of benzene rings is 2. The Balaban J connectivity index is 1.69. The normalized spacial score (nSPS) is 27.5. The van der Waals surface area contributed by atoms with Crippen LogP contribution in [0, 0.1) is 0 Å². The van der Waals surface area contributed by atoms with Crippen molar-refractivity contribution in [3.05, 3.63) is 71.8 Å². The lowest BCUT2D eigenvalue weighted by Gasteiger charge is -2.44. The second kappa shape index (κ2) is 6.10. The average Bonchev–Trinajstić information content (AvgIpc) is 2.79. The van der Waals surface area contributed by atoms with Gasteiger partial charge in [-0.3, -0.25) is 4.90 Å². The number of hydrogen-bond donors (Lipinski definition) is 0. The molecule has 2 heteroatoms. The molecule has 0 unspecified atom stereocenters. The zero-order chi connectivity index (χ0) is 15.7. The summed E-state index contributed by atoms with van der Waals surface area (Å²) in [6.45, 7) is 0. The first kappa shape index (κ1) is 14.9. The highest BCUT2D eigenvalue weighted by molar-refractivity contribution is 5.30. The van der Waals surface area contributed by atoms with Crippen LogP contribution in [0.15, 0.2) is 60.7 Å². The van der Waals surface area contributed by atoms with Gasteiger partial charge in [-0.1, -0.05) is 60.7 Å². The molecule has 0 aromatic heterocycles. The van der Waals surface area contributed by atoms with Crippen molar-refractivity contribution in [3.63, 3.8) is 0 Å². The van der Waals surface area contributed by atoms with Gasteiger partial charge in [-0.15, -0.1) is 0 Å². The van der Waals surface area contributed by atoms with E-state index in [9.17, 15) is 0 Å². The van der Waals surface area contributed by atoms with Gasteiger partial charge in [0.15, 0.2) is 0 Å². The van der Waals surface area contributed by atoms with Gasteiger partial charge in [0.25, 0.3) is 0 Å². The first-order chi connectivity index (χ1) is 11.3. The molecule has 2 heterocycles. The Morgan fingerprint density at radius 3 is 2.13 bits per heavy atom. The monoisotopic (exact) mass is 307 g/mol. The molecule has 0 amide bonds. The van der Waals surface area contributed by atoms with Crippen LogP contribution in [0.2, 0.25) is 0 Å². The number of nitrogens with zero attached hydrogens (tertiary/aromatic N) is 1. The van der Waals surface area contributed by atoms with E-state index in [1.165, 1.54) is 30.4 Å². The van der Waals surface area contributed by atoms with E-state index in [4.69, 9.17) is 4.74 Å². The van der Waals surface area contributed by atoms with Crippen LogP contribution < -0.4 is 0 Å². The van der Waals surface area contributed by atoms with Crippen molar-refractivity contribution >= 4 is 0 Å². The van der Waals surface area contributed by atoms with Crippen molar-refractivity contribution in [1.29, 1.82) is 0 Å². The lowest BCUT2D eigenvalue weighted by atomic mass is 9.97. The minimum atomic E-state index is -0.0841. The molecule has 2 fully saturated rings. The number of rotatable bonds is 4. The van der Waals surface area contributed by atoms with Crippen molar-refractivity contribution < 1.29 is 4.74 Å². The van der Waals surface area contributed by atoms with E-state index in [-0.39, 0.29) is 11.8 Å². The Morgan fingerprint density at radius 2 is 1.52 bits per heavy atom. The minimum Gasteiger partial charge on any atom is -0.348 e. The average molecular weight is 307 g/mol. The highest BCUT2D eigenvalue weighted by Gasteiger charge is 2.49. The van der Waals surface area contributed by atoms with Gasteiger partial charge in [0.2, 0.25) is 0 Å². The molecule has 0 spiro atoms. The number of piperidine rings is 1. The van der Waals surface area contributed by atoms with Gasteiger partial charge in [0.05, 0.1) is 0 Å². The number of ether oxygens (including phenoxy) is 1. The molecule has 2 aliphatic heterocycles. The van der Waals surface area contributed by atoms with Crippen LogP contribution in [0.1, 0.15) is 49.3 Å². The number of hydrogen-bond acceptors (Lipinski definition) is 2. The summed E-state index contributed by atoms with van der Waals surface area (Å²) in [5.41, 5.74) is 2.41. The Hall–Kier alpha value is -1.64. The van der Waals surface area contributed by atoms with E-state index in [2.05, 4.69) is 72.6 Å². The molecule has 2 aromatic carbocycles. The first-order valence-electron chi connectivity index (χ1n) is 8.79. The molecule has 120 valence electrons. The maximum atomic E-state index is 6.88. The van der Waals surface area contributed by atoms with Gasteiger partial charge in [-0.25, -0.2) is 0 Å². The van der Waals surface area contributed by atoms with E-state index < -0.39 is 0 Å². The summed E-state index contributed by atoms with van der Waals surface area (Å²) in [7, 11) is 2.25. The summed E-state index contributed by atoms with van der Waals surface area (Å²) >= 11 is 0. The SMILES string of the molecule is CN1[C@@H]2CCC[C@@]1(OC(c1ccccc1)c1ccccc1)CC2. The third-order valence-electron chi connectivity index (χ3n) is 5.71. The van der Waals surface area contributed by atoms with E-state index in [1.807, 2.05) is 0 Å². The second-order valence-electron chi connectivity index (χ2n) is 6.96. The van der Waals surface area contributed by atoms with Crippen molar-refractivity contribution in [2.45, 2.75) is 50.0 Å². The van der Waals surface area contributed by atoms with Gasteiger partial charge in [-0.2, -0.15) is 0 Å². The topological polar surface area (TPSA) is 12.5 Å². The summed E-state index contributed by atoms with van der Waals surface area (Å²) in [5, 5.41) is 0. The molecule has 23 heavy (non-hydrogen) atoms. The van der Waals surface area contributed by atoms with Crippen LogP contribution in [0.3, 0.4) is 0 Å². The Kier molecular flexibility index (Phi) is 3.96. The quantitative estimate of drug-likeness (QED) is 0.807. The predicted molar refractivity (Wildman–Crippen MR) is 93.2 cm³/mol. The number of fused-ring (bicyclic) bond motifs is 2. The second-order valence-corrected chi connectivity index (χ2v) is 6.96. The zero-order valence-electron chi connectivity index (χ0n) is 13.8. The maximum absolute atomic E-state index is 6.88. The van der Waals surface area contributed by atoms with Crippen LogP contribution in [-0.2, 0) is 4.74 Å². The molecule has 2 aromatic rings. The largest absolute Gasteiger partial charge is 0.348 e. The van der Waals surface area contributed by atoms with Crippen molar-refractivity contribution in [2.24, 2.45) is 0 Å². The fraction of sp³-hybridized carbons (Fsp3) is 0.429. The third-order valence-corrected chi connectivity index (χ3v) is 5.71. The fourth-order valence-corrected chi connectivity index (χ4v) is 4.35. The van der Waals surface area contributed by atoms with Crippen LogP contribution in [0.25, 0.3) is 0 Å². The molecule has 2 saturated heterocycles. The molecule has 2 nitrogen and oxygen atoms in total. The summed E-state index contributed by atoms with van der Waals surface area (Å²) in [4.78, 5) is 2.51. The summed E-state index contributed by atoms with van der Waals surface area (Å²) in [6.07, 6.45) is 6.19. The smallest absolute Gasteiger partial charge is 0.123 e. The van der Waals surface area contributed by atoms with Gasteiger partial charge in [0.1, 0.15) is 11.8 Å². The molecule has 2 bridgehead atoms.